The molecule has 4 rings (SSSR count). The number of hydrogen-bond donors (Lipinski definition) is 1. The normalized spacial score (nSPS) is 15.2. The van der Waals surface area contributed by atoms with Crippen LogP contribution >= 0.6 is 11.3 Å². The van der Waals surface area contributed by atoms with Crippen molar-refractivity contribution < 1.29 is 9.53 Å². The lowest BCUT2D eigenvalue weighted by Gasteiger charge is -2.07. The average Bonchev–Trinajstić information content (AvgIpc) is 3.11. The molecule has 24 heavy (non-hydrogen) atoms. The maximum Gasteiger partial charge on any atom is 0.256 e. The van der Waals surface area contributed by atoms with E-state index in [2.05, 4.69) is 23.4 Å². The van der Waals surface area contributed by atoms with Gasteiger partial charge in [-0.1, -0.05) is 0 Å². The van der Waals surface area contributed by atoms with Gasteiger partial charge in [-0.25, -0.2) is 4.98 Å². The van der Waals surface area contributed by atoms with E-state index in [4.69, 9.17) is 4.74 Å². The maximum absolute atomic E-state index is 12.5. The summed E-state index contributed by atoms with van der Waals surface area (Å²) in [7, 11) is 1.64. The van der Waals surface area contributed by atoms with Gasteiger partial charge in [0.05, 0.1) is 24.1 Å². The predicted octanol–water partition coefficient (Wildman–Crippen LogP) is 3.82. The molecular formula is C18H17N3O2S. The molecule has 1 aliphatic rings. The molecule has 0 radical (unpaired) electrons. The fourth-order valence-electron chi connectivity index (χ4n) is 3.08. The van der Waals surface area contributed by atoms with Crippen LogP contribution in [0.4, 0.5) is 5.69 Å². The standard InChI is InChI=1S/C18H17N3O2S/c1-9-5-14-12(7-16(9)23-4)13(17(22)20-14)6-15-11(3)19-18-21(15)8-10(2)24-18/h5-8H,1-4H3,(H,20,22)/b13-6+. The minimum Gasteiger partial charge on any atom is -0.496 e. The van der Waals surface area contributed by atoms with Gasteiger partial charge in [0, 0.05) is 22.3 Å². The molecule has 0 fully saturated rings. The topological polar surface area (TPSA) is 55.6 Å². The minimum absolute atomic E-state index is 0.0982. The Hall–Kier alpha value is -2.60. The second-order valence-corrected chi connectivity index (χ2v) is 7.17. The van der Waals surface area contributed by atoms with Gasteiger partial charge in [-0.15, -0.1) is 11.3 Å². The number of fused-ring (bicyclic) bond motifs is 2. The molecule has 1 aliphatic heterocycles. The number of aromatic nitrogens is 2. The predicted molar refractivity (Wildman–Crippen MR) is 96.8 cm³/mol. The molecule has 6 heteroatoms. The summed E-state index contributed by atoms with van der Waals surface area (Å²) in [4.78, 5) is 19.2. The highest BCUT2D eigenvalue weighted by Crippen LogP contribution is 2.38. The van der Waals surface area contributed by atoms with Crippen LogP contribution in [0, 0.1) is 20.8 Å². The largest absolute Gasteiger partial charge is 0.496 e. The Morgan fingerprint density at radius 3 is 2.83 bits per heavy atom. The van der Waals surface area contributed by atoms with Crippen molar-refractivity contribution in [2.45, 2.75) is 20.8 Å². The number of thiazole rings is 1. The Morgan fingerprint density at radius 2 is 2.08 bits per heavy atom. The summed E-state index contributed by atoms with van der Waals surface area (Å²) in [6.07, 6.45) is 3.97. The summed E-state index contributed by atoms with van der Waals surface area (Å²) in [6.45, 7) is 5.98. The second-order valence-electron chi connectivity index (χ2n) is 5.96. The number of benzene rings is 1. The number of hydrogen-bond acceptors (Lipinski definition) is 4. The van der Waals surface area contributed by atoms with E-state index in [0.717, 1.165) is 38.9 Å². The summed E-state index contributed by atoms with van der Waals surface area (Å²) >= 11 is 1.64. The fraction of sp³-hybridized carbons (Fsp3) is 0.222. The van der Waals surface area contributed by atoms with Crippen molar-refractivity contribution >= 4 is 39.5 Å². The number of rotatable bonds is 2. The molecule has 2 aromatic heterocycles. The number of nitrogens with zero attached hydrogens (tertiary/aromatic N) is 2. The number of anilines is 1. The number of carbonyl (C=O) groups is 1. The molecule has 122 valence electrons. The van der Waals surface area contributed by atoms with Crippen LogP contribution in [0.2, 0.25) is 0 Å². The first-order valence-corrected chi connectivity index (χ1v) is 8.46. The maximum atomic E-state index is 12.5. The van der Waals surface area contributed by atoms with Crippen LogP contribution in [0.15, 0.2) is 18.3 Å². The highest BCUT2D eigenvalue weighted by molar-refractivity contribution is 7.17. The van der Waals surface area contributed by atoms with Gasteiger partial charge in [0.15, 0.2) is 4.96 Å². The first-order chi connectivity index (χ1) is 11.5. The third-order valence-electron chi connectivity index (χ3n) is 4.26. The second kappa shape index (κ2) is 5.21. The zero-order valence-electron chi connectivity index (χ0n) is 13.9. The smallest absolute Gasteiger partial charge is 0.256 e. The van der Waals surface area contributed by atoms with Crippen molar-refractivity contribution in [3.63, 3.8) is 0 Å². The molecule has 0 saturated carbocycles. The van der Waals surface area contributed by atoms with Crippen LogP contribution in [0.1, 0.15) is 27.4 Å². The molecule has 0 bridgehead atoms. The van der Waals surface area contributed by atoms with Gasteiger partial charge in [-0.3, -0.25) is 9.20 Å². The van der Waals surface area contributed by atoms with Crippen LogP contribution in [0.5, 0.6) is 5.75 Å². The van der Waals surface area contributed by atoms with Crippen molar-refractivity contribution in [1.82, 2.24) is 9.38 Å². The van der Waals surface area contributed by atoms with Crippen LogP contribution in [0.3, 0.4) is 0 Å². The first kappa shape index (κ1) is 15.0. The quantitative estimate of drug-likeness (QED) is 0.722. The molecule has 0 atom stereocenters. The highest BCUT2D eigenvalue weighted by atomic mass is 32.1. The third-order valence-corrected chi connectivity index (χ3v) is 5.16. The van der Waals surface area contributed by atoms with Crippen molar-refractivity contribution in [2.24, 2.45) is 0 Å². The zero-order valence-corrected chi connectivity index (χ0v) is 14.7. The van der Waals surface area contributed by atoms with Crippen molar-refractivity contribution in [3.8, 4) is 5.75 Å². The van der Waals surface area contributed by atoms with Crippen LogP contribution in [-0.4, -0.2) is 22.4 Å². The first-order valence-electron chi connectivity index (χ1n) is 7.65. The van der Waals surface area contributed by atoms with Gasteiger partial charge in [0.1, 0.15) is 5.75 Å². The molecule has 1 aromatic carbocycles. The number of methoxy groups -OCH3 is 1. The molecule has 0 unspecified atom stereocenters. The molecule has 0 aliphatic carbocycles. The Labute approximate surface area is 143 Å². The van der Waals surface area contributed by atoms with E-state index in [1.165, 1.54) is 4.88 Å². The average molecular weight is 339 g/mol. The van der Waals surface area contributed by atoms with Gasteiger partial charge in [-0.05, 0) is 44.5 Å². The molecule has 0 saturated heterocycles. The monoisotopic (exact) mass is 339 g/mol. The van der Waals surface area contributed by atoms with Crippen molar-refractivity contribution in [1.29, 1.82) is 0 Å². The van der Waals surface area contributed by atoms with E-state index >= 15 is 0 Å². The van der Waals surface area contributed by atoms with E-state index in [1.54, 1.807) is 18.4 Å². The Morgan fingerprint density at radius 1 is 1.29 bits per heavy atom. The number of amides is 1. The minimum atomic E-state index is -0.0982. The SMILES string of the molecule is COc1cc2c(cc1C)NC(=O)/C2=C/c1c(C)nc2sc(C)cn12. The van der Waals surface area contributed by atoms with E-state index < -0.39 is 0 Å². The zero-order chi connectivity index (χ0) is 17.0. The number of ether oxygens (including phenoxy) is 1. The number of carbonyl (C=O) groups excluding carboxylic acids is 1. The Bertz CT molecular complexity index is 1030. The van der Waals surface area contributed by atoms with Gasteiger partial charge in [-0.2, -0.15) is 0 Å². The van der Waals surface area contributed by atoms with Crippen molar-refractivity contribution in [3.05, 3.63) is 45.7 Å². The third kappa shape index (κ3) is 2.14. The Balaban J connectivity index is 1.92. The Kier molecular flexibility index (Phi) is 3.25. The lowest BCUT2D eigenvalue weighted by Crippen LogP contribution is -2.04. The number of nitrogens with one attached hydrogen (secondary N) is 1. The van der Waals surface area contributed by atoms with Crippen LogP contribution < -0.4 is 10.1 Å². The molecule has 3 heterocycles. The highest BCUT2D eigenvalue weighted by Gasteiger charge is 2.26. The summed E-state index contributed by atoms with van der Waals surface area (Å²) in [6, 6.07) is 3.86. The summed E-state index contributed by atoms with van der Waals surface area (Å²) in [5.74, 6) is 0.677. The summed E-state index contributed by atoms with van der Waals surface area (Å²) in [5, 5.41) is 2.93. The molecule has 0 spiro atoms. The summed E-state index contributed by atoms with van der Waals surface area (Å²) in [5.41, 5.74) is 5.17. The number of aryl methyl sites for hydroxylation is 3. The molecule has 1 amide bonds. The van der Waals surface area contributed by atoms with E-state index in [0.29, 0.717) is 5.57 Å². The molecule has 1 N–H and O–H groups in total. The lowest BCUT2D eigenvalue weighted by molar-refractivity contribution is -0.110. The lowest BCUT2D eigenvalue weighted by atomic mass is 10.0. The van der Waals surface area contributed by atoms with Gasteiger partial charge in [0.2, 0.25) is 0 Å². The van der Waals surface area contributed by atoms with E-state index in [9.17, 15) is 4.79 Å². The van der Waals surface area contributed by atoms with Crippen LogP contribution in [-0.2, 0) is 4.79 Å². The number of imidazole rings is 1. The van der Waals surface area contributed by atoms with Crippen molar-refractivity contribution in [2.75, 3.05) is 12.4 Å². The molecule has 5 nitrogen and oxygen atoms in total. The van der Waals surface area contributed by atoms with E-state index in [1.807, 2.05) is 36.5 Å². The van der Waals surface area contributed by atoms with Gasteiger partial charge < -0.3 is 10.1 Å². The van der Waals surface area contributed by atoms with Gasteiger partial charge >= 0.3 is 0 Å². The van der Waals surface area contributed by atoms with E-state index in [-0.39, 0.29) is 5.91 Å². The van der Waals surface area contributed by atoms with Gasteiger partial charge in [0.25, 0.3) is 5.91 Å². The fourth-order valence-corrected chi connectivity index (χ4v) is 3.96. The molecular weight excluding hydrogens is 322 g/mol. The molecule has 3 aromatic rings. The van der Waals surface area contributed by atoms with Crippen LogP contribution in [0.25, 0.3) is 16.6 Å². The summed E-state index contributed by atoms with van der Waals surface area (Å²) < 4.78 is 7.44.